The molecule has 0 radical (unpaired) electrons. The Morgan fingerprint density at radius 2 is 1.87 bits per heavy atom. The van der Waals surface area contributed by atoms with Gasteiger partial charge in [0.15, 0.2) is 5.76 Å². The molecule has 0 spiro atoms. The average Bonchev–Trinajstić information content (AvgIpc) is 3.71. The van der Waals surface area contributed by atoms with Gasteiger partial charge >= 0.3 is 0 Å². The number of halogens is 1. The van der Waals surface area contributed by atoms with Crippen molar-refractivity contribution >= 4 is 11.8 Å². The summed E-state index contributed by atoms with van der Waals surface area (Å²) in [6.07, 6.45) is 3.92. The topological polar surface area (TPSA) is 119 Å². The van der Waals surface area contributed by atoms with E-state index in [4.69, 9.17) is 9.15 Å². The van der Waals surface area contributed by atoms with Gasteiger partial charge in [-0.1, -0.05) is 25.0 Å². The van der Waals surface area contributed by atoms with Gasteiger partial charge in [-0.15, -0.1) is 10.2 Å². The molecule has 1 aromatic carbocycles. The van der Waals surface area contributed by atoms with Crippen LogP contribution < -0.4 is 5.32 Å². The van der Waals surface area contributed by atoms with E-state index < -0.39 is 11.9 Å². The maximum Gasteiger partial charge on any atom is 0.247 e. The van der Waals surface area contributed by atoms with Gasteiger partial charge in [-0.25, -0.2) is 4.39 Å². The van der Waals surface area contributed by atoms with E-state index in [-0.39, 0.29) is 36.8 Å². The average molecular weight is 540 g/mol. The third kappa shape index (κ3) is 6.87. The van der Waals surface area contributed by atoms with Crippen molar-refractivity contribution < 1.29 is 23.1 Å². The Morgan fingerprint density at radius 1 is 1.13 bits per heavy atom. The number of morpholine rings is 1. The largest absolute Gasteiger partial charge is 0.458 e. The Kier molecular flexibility index (Phi) is 8.62. The summed E-state index contributed by atoms with van der Waals surface area (Å²) in [6, 6.07) is 8.42. The summed E-state index contributed by atoms with van der Waals surface area (Å²) in [5, 5.41) is 15.5. The number of rotatable bonds is 10. The van der Waals surface area contributed by atoms with Gasteiger partial charge in [0.2, 0.25) is 17.6 Å². The van der Waals surface area contributed by atoms with E-state index >= 15 is 0 Å². The fraction of sp³-hybridized carbons (Fsp3) is 0.519. The maximum absolute atomic E-state index is 13.8. The minimum atomic E-state index is -0.935. The molecule has 2 aromatic heterocycles. The molecule has 1 atom stereocenters. The first kappa shape index (κ1) is 26.9. The van der Waals surface area contributed by atoms with Gasteiger partial charge in [-0.2, -0.15) is 4.80 Å². The highest BCUT2D eigenvalue weighted by molar-refractivity contribution is 5.89. The molecule has 1 saturated carbocycles. The number of carbonyl (C=O) groups is 2. The van der Waals surface area contributed by atoms with Crippen molar-refractivity contribution in [1.82, 2.24) is 35.3 Å². The SMILES string of the molecule is Cc1ccc(-c2nnn(CC(=O)N(CCN3CCOCC3)C(C(=O)NC3CCCC3)c3ccc(F)cc3)n2)o1. The van der Waals surface area contributed by atoms with E-state index in [0.717, 1.165) is 38.8 Å². The highest BCUT2D eigenvalue weighted by Crippen LogP contribution is 2.25. The lowest BCUT2D eigenvalue weighted by Gasteiger charge is -2.35. The van der Waals surface area contributed by atoms with Crippen molar-refractivity contribution in [2.75, 3.05) is 39.4 Å². The number of carbonyl (C=O) groups excluding carboxylic acids is 2. The molecule has 1 saturated heterocycles. The first-order valence-corrected chi connectivity index (χ1v) is 13.5. The highest BCUT2D eigenvalue weighted by Gasteiger charge is 2.34. The third-order valence-corrected chi connectivity index (χ3v) is 7.22. The van der Waals surface area contributed by atoms with Crippen molar-refractivity contribution in [2.24, 2.45) is 0 Å². The lowest BCUT2D eigenvalue weighted by atomic mass is 10.0. The summed E-state index contributed by atoms with van der Waals surface area (Å²) in [7, 11) is 0. The normalized spacial score (nSPS) is 17.3. The predicted octanol–water partition coefficient (Wildman–Crippen LogP) is 2.34. The van der Waals surface area contributed by atoms with E-state index in [0.29, 0.717) is 36.8 Å². The van der Waals surface area contributed by atoms with Gasteiger partial charge in [0.05, 0.1) is 13.2 Å². The number of aromatic nitrogens is 4. The van der Waals surface area contributed by atoms with Crippen LogP contribution in [0.1, 0.15) is 43.0 Å². The standard InChI is InChI=1S/C27H34FN7O4/c1-19-6-11-23(39-19)26-30-32-35(31-26)18-24(36)34(13-12-33-14-16-38-17-15-33)25(20-7-9-21(28)10-8-20)27(37)29-22-4-2-3-5-22/h6-11,22,25H,2-5,12-18H2,1H3,(H,29,37). The van der Waals surface area contributed by atoms with E-state index in [1.165, 1.54) is 16.9 Å². The fourth-order valence-electron chi connectivity index (χ4n) is 5.12. The van der Waals surface area contributed by atoms with E-state index in [1.807, 2.05) is 6.92 Å². The number of benzene rings is 1. The molecule has 3 heterocycles. The molecule has 0 bridgehead atoms. The van der Waals surface area contributed by atoms with Crippen LogP contribution in [0.4, 0.5) is 4.39 Å². The number of hydrogen-bond acceptors (Lipinski definition) is 8. The highest BCUT2D eigenvalue weighted by atomic mass is 19.1. The van der Waals surface area contributed by atoms with Crippen LogP contribution in [0, 0.1) is 12.7 Å². The Morgan fingerprint density at radius 3 is 2.56 bits per heavy atom. The van der Waals surface area contributed by atoms with Gasteiger partial charge in [-0.05, 0) is 54.8 Å². The van der Waals surface area contributed by atoms with Gasteiger partial charge in [-0.3, -0.25) is 14.5 Å². The van der Waals surface area contributed by atoms with E-state index in [9.17, 15) is 14.0 Å². The number of amides is 2. The van der Waals surface area contributed by atoms with Crippen molar-refractivity contribution in [3.63, 3.8) is 0 Å². The zero-order valence-corrected chi connectivity index (χ0v) is 22.1. The maximum atomic E-state index is 13.8. The molecule has 208 valence electrons. The molecule has 1 aliphatic carbocycles. The summed E-state index contributed by atoms with van der Waals surface area (Å²) in [5.74, 6) is 0.399. The lowest BCUT2D eigenvalue weighted by Crippen LogP contribution is -2.50. The van der Waals surface area contributed by atoms with Crippen LogP contribution in [0.3, 0.4) is 0 Å². The molecule has 2 aliphatic rings. The molecule has 12 heteroatoms. The molecule has 3 aromatic rings. The monoisotopic (exact) mass is 539 g/mol. The summed E-state index contributed by atoms with van der Waals surface area (Å²) in [4.78, 5) is 32.5. The van der Waals surface area contributed by atoms with Crippen LogP contribution in [-0.2, 0) is 20.9 Å². The van der Waals surface area contributed by atoms with Crippen LogP contribution in [-0.4, -0.2) is 87.3 Å². The number of aryl methyl sites for hydroxylation is 1. The first-order chi connectivity index (χ1) is 19.0. The molecule has 1 aliphatic heterocycles. The number of tetrazole rings is 1. The molecule has 1 unspecified atom stereocenters. The molecule has 11 nitrogen and oxygen atoms in total. The zero-order valence-electron chi connectivity index (χ0n) is 22.1. The van der Waals surface area contributed by atoms with Gasteiger partial charge in [0.1, 0.15) is 24.2 Å². The second-order valence-electron chi connectivity index (χ2n) is 10.0. The first-order valence-electron chi connectivity index (χ1n) is 13.5. The number of ether oxygens (including phenoxy) is 1. The molecule has 2 fully saturated rings. The number of hydrogen-bond donors (Lipinski definition) is 1. The molecular formula is C27H34FN7O4. The van der Waals surface area contributed by atoms with Gasteiger partial charge in [0, 0.05) is 32.2 Å². The quantitative estimate of drug-likeness (QED) is 0.417. The Hall–Kier alpha value is -3.64. The molecule has 39 heavy (non-hydrogen) atoms. The van der Waals surface area contributed by atoms with Crippen LogP contribution in [0.5, 0.6) is 0 Å². The van der Waals surface area contributed by atoms with Crippen molar-refractivity contribution in [3.8, 4) is 11.6 Å². The molecule has 5 rings (SSSR count). The number of furan rings is 1. The van der Waals surface area contributed by atoms with Crippen molar-refractivity contribution in [2.45, 2.75) is 51.2 Å². The van der Waals surface area contributed by atoms with Gasteiger partial charge < -0.3 is 19.4 Å². The lowest BCUT2D eigenvalue weighted by molar-refractivity contribution is -0.142. The second kappa shape index (κ2) is 12.5. The molecule has 1 N–H and O–H groups in total. The number of nitrogens with zero attached hydrogens (tertiary/aromatic N) is 6. The van der Waals surface area contributed by atoms with E-state index in [1.54, 1.807) is 29.2 Å². The molecule has 2 amide bonds. The Balaban J connectivity index is 1.40. The van der Waals surface area contributed by atoms with Crippen molar-refractivity contribution in [3.05, 3.63) is 53.5 Å². The van der Waals surface area contributed by atoms with E-state index in [2.05, 4.69) is 25.6 Å². The summed E-state index contributed by atoms with van der Waals surface area (Å²) >= 11 is 0. The summed E-state index contributed by atoms with van der Waals surface area (Å²) in [6.45, 7) is 5.18. The zero-order chi connectivity index (χ0) is 27.2. The predicted molar refractivity (Wildman–Crippen MR) is 139 cm³/mol. The van der Waals surface area contributed by atoms with Crippen LogP contribution >= 0.6 is 0 Å². The second-order valence-corrected chi connectivity index (χ2v) is 10.0. The molecular weight excluding hydrogens is 505 g/mol. The third-order valence-electron chi connectivity index (χ3n) is 7.22. The summed E-state index contributed by atoms with van der Waals surface area (Å²) in [5.41, 5.74) is 0.542. The van der Waals surface area contributed by atoms with Gasteiger partial charge in [0.25, 0.3) is 0 Å². The van der Waals surface area contributed by atoms with Crippen LogP contribution in [0.15, 0.2) is 40.8 Å². The minimum Gasteiger partial charge on any atom is -0.458 e. The number of nitrogens with one attached hydrogen (secondary N) is 1. The summed E-state index contributed by atoms with van der Waals surface area (Å²) < 4.78 is 24.9. The fourth-order valence-corrected chi connectivity index (χ4v) is 5.12. The smallest absolute Gasteiger partial charge is 0.247 e. The van der Waals surface area contributed by atoms with Crippen LogP contribution in [0.25, 0.3) is 11.6 Å². The Labute approximate surface area is 226 Å². The Bertz CT molecular complexity index is 1250. The van der Waals surface area contributed by atoms with Crippen LogP contribution in [0.2, 0.25) is 0 Å². The minimum absolute atomic E-state index is 0.0629. The van der Waals surface area contributed by atoms with Crippen molar-refractivity contribution in [1.29, 1.82) is 0 Å².